The molecule has 2 aromatic heterocycles. The van der Waals surface area contributed by atoms with Crippen LogP contribution in [0.25, 0.3) is 0 Å². The Morgan fingerprint density at radius 1 is 1.27 bits per heavy atom. The van der Waals surface area contributed by atoms with E-state index < -0.39 is 0 Å². The average Bonchev–Trinajstić information content (AvgIpc) is 3.23. The van der Waals surface area contributed by atoms with Crippen LogP contribution in [0.5, 0.6) is 0 Å². The minimum atomic E-state index is -0.160. The zero-order chi connectivity index (χ0) is 20.2. The minimum absolute atomic E-state index is 0. The van der Waals surface area contributed by atoms with Crippen LogP contribution >= 0.6 is 12.4 Å². The molecule has 2 fully saturated rings. The van der Waals surface area contributed by atoms with Gasteiger partial charge in [0, 0.05) is 38.6 Å². The van der Waals surface area contributed by atoms with Gasteiger partial charge in [-0.2, -0.15) is 5.10 Å². The zero-order valence-electron chi connectivity index (χ0n) is 17.6. The maximum absolute atomic E-state index is 12.5. The number of hydrogen-bond acceptors (Lipinski definition) is 6. The van der Waals surface area contributed by atoms with Crippen molar-refractivity contribution in [2.24, 2.45) is 0 Å². The molecule has 30 heavy (non-hydrogen) atoms. The second-order valence-corrected chi connectivity index (χ2v) is 8.05. The first-order valence-corrected chi connectivity index (χ1v) is 10.5. The number of nitrogens with one attached hydrogen (secondary N) is 2. The summed E-state index contributed by atoms with van der Waals surface area (Å²) in [5, 5.41) is 10.8. The van der Waals surface area contributed by atoms with E-state index in [2.05, 4.69) is 39.5 Å². The van der Waals surface area contributed by atoms with Gasteiger partial charge >= 0.3 is 0 Å². The maximum Gasteiger partial charge on any atom is 0.272 e. The first kappa shape index (κ1) is 22.5. The van der Waals surface area contributed by atoms with Crippen molar-refractivity contribution in [2.75, 3.05) is 31.1 Å². The summed E-state index contributed by atoms with van der Waals surface area (Å²) in [7, 11) is 0. The van der Waals surface area contributed by atoms with E-state index in [0.29, 0.717) is 18.3 Å². The highest BCUT2D eigenvalue weighted by atomic mass is 35.5. The quantitative estimate of drug-likeness (QED) is 0.750. The third-order valence-electron chi connectivity index (χ3n) is 5.49. The highest BCUT2D eigenvalue weighted by molar-refractivity contribution is 5.92. The molecule has 4 rings (SSSR count). The lowest BCUT2D eigenvalue weighted by Crippen LogP contribution is -2.45. The van der Waals surface area contributed by atoms with E-state index in [1.165, 1.54) is 0 Å². The Morgan fingerprint density at radius 3 is 2.73 bits per heavy atom. The first-order chi connectivity index (χ1) is 14.1. The lowest BCUT2D eigenvalue weighted by molar-refractivity contribution is -0.00546. The van der Waals surface area contributed by atoms with E-state index in [9.17, 15) is 4.79 Å². The number of anilines is 1. The molecular weight excluding hydrogens is 404 g/mol. The van der Waals surface area contributed by atoms with Crippen LogP contribution in [0.4, 0.5) is 5.82 Å². The Kier molecular flexibility index (Phi) is 7.69. The molecule has 4 heterocycles. The molecule has 2 aliphatic rings. The summed E-state index contributed by atoms with van der Waals surface area (Å²) in [5.74, 6) is 0.786. The minimum Gasteiger partial charge on any atom is -0.372 e. The molecule has 3 unspecified atom stereocenters. The van der Waals surface area contributed by atoms with Crippen molar-refractivity contribution in [1.82, 2.24) is 25.4 Å². The van der Waals surface area contributed by atoms with Crippen molar-refractivity contribution < 1.29 is 9.53 Å². The molecule has 0 aromatic carbocycles. The fourth-order valence-corrected chi connectivity index (χ4v) is 4.07. The van der Waals surface area contributed by atoms with Gasteiger partial charge in [-0.25, -0.2) is 4.98 Å². The maximum atomic E-state index is 12.5. The van der Waals surface area contributed by atoms with Crippen LogP contribution in [0.15, 0.2) is 30.6 Å². The number of nitrogens with zero attached hydrogens (tertiary/aromatic N) is 4. The average molecular weight is 435 g/mol. The number of aromatic nitrogens is 3. The normalized spacial score (nSPS) is 24.2. The van der Waals surface area contributed by atoms with Crippen molar-refractivity contribution in [1.29, 1.82) is 0 Å². The molecule has 2 aliphatic heterocycles. The third kappa shape index (κ3) is 5.50. The zero-order valence-corrected chi connectivity index (χ0v) is 18.4. The van der Waals surface area contributed by atoms with E-state index in [0.717, 1.165) is 50.4 Å². The van der Waals surface area contributed by atoms with Crippen LogP contribution in [-0.2, 0) is 11.3 Å². The van der Waals surface area contributed by atoms with Crippen LogP contribution < -0.4 is 15.5 Å². The van der Waals surface area contributed by atoms with Gasteiger partial charge in [-0.05, 0) is 50.9 Å². The topological polar surface area (TPSA) is 84.3 Å². The van der Waals surface area contributed by atoms with Gasteiger partial charge in [-0.1, -0.05) is 6.07 Å². The van der Waals surface area contributed by atoms with E-state index in [1.807, 2.05) is 29.2 Å². The number of pyridine rings is 1. The third-order valence-corrected chi connectivity index (χ3v) is 5.49. The van der Waals surface area contributed by atoms with Gasteiger partial charge in [0.1, 0.15) is 11.5 Å². The molecule has 0 radical (unpaired) electrons. The van der Waals surface area contributed by atoms with Gasteiger partial charge in [0.25, 0.3) is 5.91 Å². The smallest absolute Gasteiger partial charge is 0.272 e. The van der Waals surface area contributed by atoms with E-state index in [1.54, 1.807) is 6.07 Å². The van der Waals surface area contributed by atoms with Gasteiger partial charge in [0.05, 0.1) is 18.2 Å². The molecule has 0 bridgehead atoms. The fourth-order valence-electron chi connectivity index (χ4n) is 4.07. The number of ether oxygens (including phenoxy) is 1. The van der Waals surface area contributed by atoms with Gasteiger partial charge in [0.15, 0.2) is 0 Å². The van der Waals surface area contributed by atoms with Gasteiger partial charge in [0.2, 0.25) is 0 Å². The van der Waals surface area contributed by atoms with Gasteiger partial charge in [-0.3, -0.25) is 9.48 Å². The van der Waals surface area contributed by atoms with E-state index >= 15 is 0 Å². The summed E-state index contributed by atoms with van der Waals surface area (Å²) < 4.78 is 7.69. The summed E-state index contributed by atoms with van der Waals surface area (Å²) in [5.41, 5.74) is 1.42. The Bertz CT molecular complexity index is 811. The predicted octanol–water partition coefficient (Wildman–Crippen LogP) is 2.17. The van der Waals surface area contributed by atoms with Crippen LogP contribution in [0.3, 0.4) is 0 Å². The van der Waals surface area contributed by atoms with E-state index in [-0.39, 0.29) is 30.5 Å². The van der Waals surface area contributed by atoms with Gasteiger partial charge < -0.3 is 20.3 Å². The fraction of sp³-hybridized carbons (Fsp3) is 0.571. The predicted molar refractivity (Wildman–Crippen MR) is 118 cm³/mol. The Morgan fingerprint density at radius 2 is 2.07 bits per heavy atom. The van der Waals surface area contributed by atoms with Crippen LogP contribution in [0, 0.1) is 0 Å². The molecule has 0 saturated carbocycles. The summed E-state index contributed by atoms with van der Waals surface area (Å²) in [6.07, 6.45) is 6.35. The number of piperidine rings is 1. The molecule has 0 spiro atoms. The summed E-state index contributed by atoms with van der Waals surface area (Å²) >= 11 is 0. The Balaban J connectivity index is 0.00000256. The molecular formula is C21H31ClN6O2. The lowest BCUT2D eigenvalue weighted by atomic mass is 10.1. The van der Waals surface area contributed by atoms with E-state index in [4.69, 9.17) is 4.74 Å². The van der Waals surface area contributed by atoms with Crippen molar-refractivity contribution >= 4 is 24.1 Å². The number of carbonyl (C=O) groups excluding carboxylic acids is 1. The summed E-state index contributed by atoms with van der Waals surface area (Å²) in [6, 6.07) is 6.13. The lowest BCUT2D eigenvalue weighted by Gasteiger charge is -2.36. The summed E-state index contributed by atoms with van der Waals surface area (Å²) in [4.78, 5) is 19.3. The molecule has 2 saturated heterocycles. The molecule has 3 atom stereocenters. The first-order valence-electron chi connectivity index (χ1n) is 10.5. The van der Waals surface area contributed by atoms with Crippen molar-refractivity contribution in [3.8, 4) is 0 Å². The van der Waals surface area contributed by atoms with Crippen LogP contribution in [0.1, 0.15) is 48.8 Å². The van der Waals surface area contributed by atoms with Crippen molar-refractivity contribution in [2.45, 2.75) is 51.5 Å². The highest BCUT2D eigenvalue weighted by Crippen LogP contribution is 2.19. The monoisotopic (exact) mass is 434 g/mol. The van der Waals surface area contributed by atoms with Crippen LogP contribution in [0.2, 0.25) is 0 Å². The number of amides is 1. The largest absolute Gasteiger partial charge is 0.372 e. The molecule has 2 N–H and O–H groups in total. The Hall–Kier alpha value is -2.16. The Labute approximate surface area is 183 Å². The number of morpholine rings is 1. The number of hydrogen-bond donors (Lipinski definition) is 2. The molecule has 1 amide bonds. The van der Waals surface area contributed by atoms with Crippen molar-refractivity contribution in [3.05, 3.63) is 41.9 Å². The standard InChI is InChI=1S/C21H30N6O2.ClH/c1-15-13-26(14-16(2)29-15)20-6-5-17(10-23-20)11-24-21(28)19-7-9-27(25-19)18-4-3-8-22-12-18;/h5-7,9-10,15-16,18,22H,3-4,8,11-14H2,1-2H3,(H,24,28);1H. The number of halogens is 1. The molecule has 9 heteroatoms. The molecule has 0 aliphatic carbocycles. The summed E-state index contributed by atoms with van der Waals surface area (Å²) in [6.45, 7) is 8.24. The van der Waals surface area contributed by atoms with Gasteiger partial charge in [-0.15, -0.1) is 12.4 Å². The van der Waals surface area contributed by atoms with Crippen molar-refractivity contribution in [3.63, 3.8) is 0 Å². The molecule has 164 valence electrons. The van der Waals surface area contributed by atoms with Crippen LogP contribution in [-0.4, -0.2) is 59.1 Å². The molecule has 2 aromatic rings. The second-order valence-electron chi connectivity index (χ2n) is 8.05. The number of carbonyl (C=O) groups is 1. The second kappa shape index (κ2) is 10.2. The molecule has 8 nitrogen and oxygen atoms in total. The SMILES string of the molecule is CC1CN(c2ccc(CNC(=O)c3ccn(C4CCCNC4)n3)cn2)CC(C)O1.Cl. The number of rotatable bonds is 5. The highest BCUT2D eigenvalue weighted by Gasteiger charge is 2.23.